The minimum absolute atomic E-state index is 0.0506. The van der Waals surface area contributed by atoms with E-state index in [1.165, 1.54) is 7.11 Å². The van der Waals surface area contributed by atoms with Gasteiger partial charge in [0.15, 0.2) is 0 Å². The standard InChI is InChI=1S/C26H31N3O5/c1-7-22(30)29(27-24(32)17-9-11-18(12-10-17)26(3,4)5)20-15-23(31)28(25(20)33)19-14-16(2)8-13-21(19)34-6/h8-14,20H,7,15H2,1-6H3,(H,27,32). The smallest absolute Gasteiger partial charge is 0.269 e. The van der Waals surface area contributed by atoms with Gasteiger partial charge in [0.2, 0.25) is 11.8 Å². The normalized spacial score (nSPS) is 15.9. The second kappa shape index (κ2) is 9.67. The number of rotatable bonds is 5. The molecule has 8 heteroatoms. The fourth-order valence-electron chi connectivity index (χ4n) is 3.83. The molecule has 0 aliphatic carbocycles. The van der Waals surface area contributed by atoms with Crippen molar-refractivity contribution in [2.45, 2.75) is 58.9 Å². The van der Waals surface area contributed by atoms with Crippen LogP contribution in [0.5, 0.6) is 5.75 Å². The van der Waals surface area contributed by atoms with Gasteiger partial charge in [0.05, 0.1) is 19.2 Å². The van der Waals surface area contributed by atoms with Crippen LogP contribution in [0.4, 0.5) is 5.69 Å². The second-order valence-corrected chi connectivity index (χ2v) is 9.35. The zero-order valence-corrected chi connectivity index (χ0v) is 20.5. The summed E-state index contributed by atoms with van der Waals surface area (Å²) in [5.41, 5.74) is 5.05. The Morgan fingerprint density at radius 2 is 1.76 bits per heavy atom. The van der Waals surface area contributed by atoms with E-state index in [4.69, 9.17) is 4.74 Å². The summed E-state index contributed by atoms with van der Waals surface area (Å²) in [4.78, 5) is 52.9. The Morgan fingerprint density at radius 1 is 1.12 bits per heavy atom. The lowest BCUT2D eigenvalue weighted by molar-refractivity contribution is -0.140. The summed E-state index contributed by atoms with van der Waals surface area (Å²) in [7, 11) is 1.45. The first-order chi connectivity index (χ1) is 16.0. The number of nitrogens with zero attached hydrogens (tertiary/aromatic N) is 2. The fourth-order valence-corrected chi connectivity index (χ4v) is 3.83. The van der Waals surface area contributed by atoms with E-state index in [2.05, 4.69) is 26.2 Å². The Kier molecular flexibility index (Phi) is 7.09. The Balaban J connectivity index is 1.88. The maximum absolute atomic E-state index is 13.3. The molecule has 3 rings (SSSR count). The molecule has 180 valence electrons. The van der Waals surface area contributed by atoms with E-state index in [0.29, 0.717) is 17.0 Å². The highest BCUT2D eigenvalue weighted by molar-refractivity contribution is 6.23. The monoisotopic (exact) mass is 465 g/mol. The number of hydrazine groups is 1. The number of hydrogen-bond acceptors (Lipinski definition) is 5. The van der Waals surface area contributed by atoms with Crippen molar-refractivity contribution in [3.63, 3.8) is 0 Å². The molecule has 1 atom stereocenters. The number of anilines is 1. The molecule has 2 aromatic carbocycles. The third-order valence-electron chi connectivity index (χ3n) is 5.82. The molecule has 1 N–H and O–H groups in total. The summed E-state index contributed by atoms with van der Waals surface area (Å²) >= 11 is 0. The van der Waals surface area contributed by atoms with Crippen molar-refractivity contribution in [1.29, 1.82) is 0 Å². The number of amides is 4. The van der Waals surface area contributed by atoms with E-state index >= 15 is 0 Å². The van der Waals surface area contributed by atoms with Crippen LogP contribution in [0.1, 0.15) is 62.0 Å². The van der Waals surface area contributed by atoms with Crippen LogP contribution in [-0.2, 0) is 19.8 Å². The number of aryl methyl sites for hydroxylation is 1. The van der Waals surface area contributed by atoms with Crippen LogP contribution in [0.25, 0.3) is 0 Å². The van der Waals surface area contributed by atoms with Gasteiger partial charge in [0.25, 0.3) is 11.8 Å². The predicted molar refractivity (Wildman–Crippen MR) is 128 cm³/mol. The molecule has 0 saturated carbocycles. The SMILES string of the molecule is CCC(=O)N(NC(=O)c1ccc(C(C)(C)C)cc1)C1CC(=O)N(c2cc(C)ccc2OC)C1=O. The Bertz CT molecular complexity index is 1120. The summed E-state index contributed by atoms with van der Waals surface area (Å²) in [6.45, 7) is 9.68. The lowest BCUT2D eigenvalue weighted by Gasteiger charge is -2.28. The number of benzene rings is 2. The molecule has 0 radical (unpaired) electrons. The Hall–Kier alpha value is -3.68. The third kappa shape index (κ3) is 4.95. The molecule has 4 amide bonds. The van der Waals surface area contributed by atoms with Crippen molar-refractivity contribution < 1.29 is 23.9 Å². The van der Waals surface area contributed by atoms with Gasteiger partial charge in [-0.3, -0.25) is 24.6 Å². The number of carbonyl (C=O) groups excluding carboxylic acids is 4. The van der Waals surface area contributed by atoms with Gasteiger partial charge < -0.3 is 4.74 Å². The number of hydrogen-bond donors (Lipinski definition) is 1. The number of ether oxygens (including phenoxy) is 1. The summed E-state index contributed by atoms with van der Waals surface area (Å²) in [6, 6.07) is 11.1. The minimum atomic E-state index is -1.15. The molecule has 1 fully saturated rings. The van der Waals surface area contributed by atoms with Gasteiger partial charge in [-0.1, -0.05) is 45.9 Å². The van der Waals surface area contributed by atoms with E-state index in [1.54, 1.807) is 31.2 Å². The van der Waals surface area contributed by atoms with Crippen molar-refractivity contribution in [1.82, 2.24) is 10.4 Å². The van der Waals surface area contributed by atoms with E-state index in [9.17, 15) is 19.2 Å². The summed E-state index contributed by atoms with van der Waals surface area (Å²) in [5.74, 6) is -1.71. The topological polar surface area (TPSA) is 96.0 Å². The molecule has 8 nitrogen and oxygen atoms in total. The number of carbonyl (C=O) groups is 4. The fraction of sp³-hybridized carbons (Fsp3) is 0.385. The molecule has 1 aliphatic heterocycles. The molecule has 0 bridgehead atoms. The van der Waals surface area contributed by atoms with Crippen LogP contribution in [0.3, 0.4) is 0 Å². The lowest BCUT2D eigenvalue weighted by Crippen LogP contribution is -2.54. The molecule has 2 aromatic rings. The summed E-state index contributed by atoms with van der Waals surface area (Å²) in [5, 5.41) is 0.989. The first-order valence-electron chi connectivity index (χ1n) is 11.2. The highest BCUT2D eigenvalue weighted by Crippen LogP contribution is 2.34. The molecule has 34 heavy (non-hydrogen) atoms. The quantitative estimate of drug-likeness (QED) is 0.538. The number of imide groups is 1. The van der Waals surface area contributed by atoms with Gasteiger partial charge in [-0.25, -0.2) is 9.91 Å². The van der Waals surface area contributed by atoms with Crippen molar-refractivity contribution >= 4 is 29.3 Å². The molecule has 0 aromatic heterocycles. The maximum Gasteiger partial charge on any atom is 0.269 e. The van der Waals surface area contributed by atoms with Gasteiger partial charge in [0, 0.05) is 12.0 Å². The molecule has 1 heterocycles. The van der Waals surface area contributed by atoms with Crippen LogP contribution in [-0.4, -0.2) is 41.8 Å². The molecular weight excluding hydrogens is 434 g/mol. The molecular formula is C26H31N3O5. The second-order valence-electron chi connectivity index (χ2n) is 9.35. The largest absolute Gasteiger partial charge is 0.495 e. The minimum Gasteiger partial charge on any atom is -0.495 e. The van der Waals surface area contributed by atoms with Crippen LogP contribution in [0.15, 0.2) is 42.5 Å². The van der Waals surface area contributed by atoms with Gasteiger partial charge in [0.1, 0.15) is 11.8 Å². The average molecular weight is 466 g/mol. The molecule has 1 unspecified atom stereocenters. The van der Waals surface area contributed by atoms with Crippen LogP contribution < -0.4 is 15.1 Å². The maximum atomic E-state index is 13.3. The van der Waals surface area contributed by atoms with Crippen molar-refractivity contribution in [2.75, 3.05) is 12.0 Å². The van der Waals surface area contributed by atoms with Gasteiger partial charge >= 0.3 is 0 Å². The number of methoxy groups -OCH3 is 1. The highest BCUT2D eigenvalue weighted by atomic mass is 16.5. The lowest BCUT2D eigenvalue weighted by atomic mass is 9.87. The van der Waals surface area contributed by atoms with Crippen LogP contribution >= 0.6 is 0 Å². The Morgan fingerprint density at radius 3 is 2.32 bits per heavy atom. The molecule has 0 spiro atoms. The van der Waals surface area contributed by atoms with E-state index in [-0.39, 0.29) is 18.3 Å². The predicted octanol–water partition coefficient (Wildman–Crippen LogP) is 3.52. The van der Waals surface area contributed by atoms with E-state index in [0.717, 1.165) is 21.0 Å². The number of nitrogens with one attached hydrogen (secondary N) is 1. The van der Waals surface area contributed by atoms with Gasteiger partial charge in [-0.2, -0.15) is 0 Å². The van der Waals surface area contributed by atoms with E-state index < -0.39 is 29.7 Å². The zero-order chi connectivity index (χ0) is 25.2. The third-order valence-corrected chi connectivity index (χ3v) is 5.82. The first-order valence-corrected chi connectivity index (χ1v) is 11.2. The van der Waals surface area contributed by atoms with Gasteiger partial charge in [-0.05, 0) is 47.7 Å². The summed E-state index contributed by atoms with van der Waals surface area (Å²) in [6.07, 6.45) is -0.195. The van der Waals surface area contributed by atoms with Crippen molar-refractivity contribution in [3.8, 4) is 5.75 Å². The highest BCUT2D eigenvalue weighted by Gasteiger charge is 2.46. The Labute approximate surface area is 199 Å². The van der Waals surface area contributed by atoms with Crippen LogP contribution in [0, 0.1) is 6.92 Å². The average Bonchev–Trinajstić information content (AvgIpc) is 3.09. The summed E-state index contributed by atoms with van der Waals surface area (Å²) < 4.78 is 5.33. The van der Waals surface area contributed by atoms with Gasteiger partial charge in [-0.15, -0.1) is 0 Å². The van der Waals surface area contributed by atoms with E-state index in [1.807, 2.05) is 25.1 Å². The molecule has 1 aliphatic rings. The van der Waals surface area contributed by atoms with Crippen molar-refractivity contribution in [3.05, 3.63) is 59.2 Å². The van der Waals surface area contributed by atoms with Crippen molar-refractivity contribution in [2.24, 2.45) is 0 Å². The first kappa shape index (κ1) is 25.0. The molecule has 1 saturated heterocycles. The van der Waals surface area contributed by atoms with Crippen LogP contribution in [0.2, 0.25) is 0 Å². The zero-order valence-electron chi connectivity index (χ0n) is 20.5.